The Hall–Kier alpha value is -0.420. The highest BCUT2D eigenvalue weighted by atomic mass is 79.9. The molecule has 1 aromatic rings. The average molecular weight is 438 g/mol. The van der Waals surface area contributed by atoms with Gasteiger partial charge in [0.05, 0.1) is 16.2 Å². The molecule has 10 heteroatoms. The number of amides is 1. The molecule has 1 amide bonds. The van der Waals surface area contributed by atoms with E-state index in [9.17, 15) is 13.2 Å². The topological polar surface area (TPSA) is 78.8 Å². The molecular weight excluding hydrogens is 422 g/mol. The molecule has 1 aromatic heterocycles. The van der Waals surface area contributed by atoms with E-state index in [4.69, 9.17) is 0 Å². The van der Waals surface area contributed by atoms with Crippen LogP contribution in [0.25, 0.3) is 0 Å². The maximum Gasteiger partial charge on any atom is 0.252 e. The summed E-state index contributed by atoms with van der Waals surface area (Å²) in [6.07, 6.45) is 1.38. The molecule has 1 atom stereocenters. The summed E-state index contributed by atoms with van der Waals surface area (Å²) in [5, 5.41) is 3.46. The minimum absolute atomic E-state index is 0.134. The van der Waals surface area contributed by atoms with Gasteiger partial charge in [-0.1, -0.05) is 11.8 Å². The Morgan fingerprint density at radius 1 is 1.43 bits per heavy atom. The fraction of sp³-hybridized carbons (Fsp3) is 0.538. The van der Waals surface area contributed by atoms with Crippen LogP contribution in [0, 0.1) is 5.92 Å². The standard InChI is InChI=1S/C13H16BrN3O3S3/c14-10-3-4-11(22-10)23(19,20)17-6-1-2-9(8-17)12(18)16-13-15-5-7-21-13/h3-4,9H,1-2,5-8H2,(H,15,16,18). The summed E-state index contributed by atoms with van der Waals surface area (Å²) >= 11 is 6.00. The number of thioether (sulfide) groups is 1. The number of rotatable bonds is 3. The van der Waals surface area contributed by atoms with Crippen LogP contribution in [0.15, 0.2) is 25.1 Å². The van der Waals surface area contributed by atoms with Gasteiger partial charge in [-0.3, -0.25) is 9.79 Å². The maximum atomic E-state index is 12.7. The highest BCUT2D eigenvalue weighted by Gasteiger charge is 2.34. The lowest BCUT2D eigenvalue weighted by molar-refractivity contribution is -0.124. The molecule has 0 spiro atoms. The van der Waals surface area contributed by atoms with Gasteiger partial charge in [0.1, 0.15) is 4.21 Å². The monoisotopic (exact) mass is 437 g/mol. The van der Waals surface area contributed by atoms with Crippen molar-refractivity contribution in [2.45, 2.75) is 17.1 Å². The molecule has 2 aliphatic rings. The van der Waals surface area contributed by atoms with Crippen molar-refractivity contribution in [3.05, 3.63) is 15.9 Å². The largest absolute Gasteiger partial charge is 0.305 e. The highest BCUT2D eigenvalue weighted by molar-refractivity contribution is 9.11. The summed E-state index contributed by atoms with van der Waals surface area (Å²) < 4.78 is 27.8. The number of amidine groups is 1. The number of nitrogens with zero attached hydrogens (tertiary/aromatic N) is 2. The van der Waals surface area contributed by atoms with Crippen LogP contribution in [0.2, 0.25) is 0 Å². The third kappa shape index (κ3) is 3.98. The second-order valence-electron chi connectivity index (χ2n) is 5.29. The van der Waals surface area contributed by atoms with Gasteiger partial charge >= 0.3 is 0 Å². The number of aliphatic imine (C=N–C) groups is 1. The van der Waals surface area contributed by atoms with Crippen LogP contribution in [-0.4, -0.2) is 49.2 Å². The SMILES string of the molecule is O=C(NC1=NCCS1)C1CCCN(S(=O)(=O)c2ccc(Br)s2)C1. The summed E-state index contributed by atoms with van der Waals surface area (Å²) in [4.78, 5) is 16.5. The van der Waals surface area contributed by atoms with Crippen LogP contribution in [0.5, 0.6) is 0 Å². The number of thiophene rings is 1. The minimum atomic E-state index is -3.53. The number of halogens is 1. The smallest absolute Gasteiger partial charge is 0.252 e. The number of carbonyl (C=O) groups is 1. The first kappa shape index (κ1) is 17.4. The van der Waals surface area contributed by atoms with Gasteiger partial charge in [-0.05, 0) is 40.9 Å². The van der Waals surface area contributed by atoms with E-state index in [1.807, 2.05) is 0 Å². The van der Waals surface area contributed by atoms with Gasteiger partial charge < -0.3 is 5.32 Å². The summed E-state index contributed by atoms with van der Waals surface area (Å²) in [7, 11) is -3.53. The molecule has 3 rings (SSSR count). The van der Waals surface area contributed by atoms with Crippen molar-refractivity contribution in [2.75, 3.05) is 25.4 Å². The first-order valence-electron chi connectivity index (χ1n) is 7.20. The van der Waals surface area contributed by atoms with Gasteiger partial charge in [0.15, 0.2) is 5.17 Å². The zero-order valence-electron chi connectivity index (χ0n) is 12.2. The summed E-state index contributed by atoms with van der Waals surface area (Å²) in [5.41, 5.74) is 0. The molecule has 6 nitrogen and oxygen atoms in total. The summed E-state index contributed by atoms with van der Waals surface area (Å²) in [6, 6.07) is 3.32. The van der Waals surface area contributed by atoms with Crippen molar-refractivity contribution in [1.82, 2.24) is 9.62 Å². The van der Waals surface area contributed by atoms with Crippen LogP contribution in [-0.2, 0) is 14.8 Å². The molecule has 1 fully saturated rings. The van der Waals surface area contributed by atoms with Crippen molar-refractivity contribution in [3.8, 4) is 0 Å². The molecule has 23 heavy (non-hydrogen) atoms. The molecule has 1 saturated heterocycles. The second-order valence-corrected chi connectivity index (χ2v) is 11.0. The Morgan fingerprint density at radius 2 is 2.26 bits per heavy atom. The maximum absolute atomic E-state index is 12.7. The second kappa shape index (κ2) is 7.22. The van der Waals surface area contributed by atoms with Crippen LogP contribution in [0.1, 0.15) is 12.8 Å². The van der Waals surface area contributed by atoms with Gasteiger partial charge in [-0.25, -0.2) is 8.42 Å². The van der Waals surface area contributed by atoms with E-state index in [0.717, 1.165) is 16.1 Å². The van der Waals surface area contributed by atoms with Crippen LogP contribution >= 0.6 is 39.0 Å². The van der Waals surface area contributed by atoms with Gasteiger partial charge in [-0.15, -0.1) is 11.3 Å². The van der Waals surface area contributed by atoms with Gasteiger partial charge in [0.25, 0.3) is 10.0 Å². The van der Waals surface area contributed by atoms with Crippen LogP contribution < -0.4 is 5.32 Å². The molecule has 0 aromatic carbocycles. The molecular formula is C13H16BrN3O3S3. The first-order chi connectivity index (χ1) is 11.0. The molecule has 2 aliphatic heterocycles. The third-order valence-electron chi connectivity index (χ3n) is 3.71. The molecule has 0 aliphatic carbocycles. The van der Waals surface area contributed by atoms with Gasteiger partial charge in [0.2, 0.25) is 5.91 Å². The fourth-order valence-electron chi connectivity index (χ4n) is 2.56. The fourth-order valence-corrected chi connectivity index (χ4v) is 6.98. The Kier molecular flexibility index (Phi) is 5.46. The Morgan fingerprint density at radius 3 is 2.91 bits per heavy atom. The van der Waals surface area contributed by atoms with Crippen molar-refractivity contribution in [1.29, 1.82) is 0 Å². The van der Waals surface area contributed by atoms with Gasteiger partial charge in [-0.2, -0.15) is 4.31 Å². The number of hydrogen-bond acceptors (Lipinski definition) is 6. The van der Waals surface area contributed by atoms with E-state index in [-0.39, 0.29) is 18.4 Å². The lowest BCUT2D eigenvalue weighted by Crippen LogP contribution is -2.45. The van der Waals surface area contributed by atoms with Gasteiger partial charge in [0, 0.05) is 18.8 Å². The Balaban J connectivity index is 1.69. The van der Waals surface area contributed by atoms with Crippen LogP contribution in [0.3, 0.4) is 0 Å². The molecule has 1 unspecified atom stereocenters. The zero-order valence-corrected chi connectivity index (χ0v) is 16.2. The summed E-state index contributed by atoms with van der Waals surface area (Å²) in [6.45, 7) is 1.40. The van der Waals surface area contributed by atoms with Crippen molar-refractivity contribution in [3.63, 3.8) is 0 Å². The van der Waals surface area contributed by atoms with Crippen LogP contribution in [0.4, 0.5) is 0 Å². The molecule has 0 saturated carbocycles. The lowest BCUT2D eigenvalue weighted by atomic mass is 9.99. The number of piperidine rings is 1. The molecule has 3 heterocycles. The molecule has 1 N–H and O–H groups in total. The van der Waals surface area contributed by atoms with Crippen molar-refractivity contribution >= 4 is 60.1 Å². The Bertz CT molecular complexity index is 732. The average Bonchev–Trinajstić information content (AvgIpc) is 3.19. The van der Waals surface area contributed by atoms with E-state index in [0.29, 0.717) is 28.8 Å². The summed E-state index contributed by atoms with van der Waals surface area (Å²) in [5.74, 6) is 0.421. The van der Waals surface area contributed by atoms with Crippen molar-refractivity contribution in [2.24, 2.45) is 10.9 Å². The molecule has 0 radical (unpaired) electrons. The van der Waals surface area contributed by atoms with E-state index >= 15 is 0 Å². The normalized spacial score (nSPS) is 22.8. The lowest BCUT2D eigenvalue weighted by Gasteiger charge is -2.30. The first-order valence-corrected chi connectivity index (χ1v) is 11.2. The molecule has 0 bridgehead atoms. The third-order valence-corrected chi connectivity index (χ3v) is 8.56. The number of sulfonamides is 1. The predicted molar refractivity (Wildman–Crippen MR) is 96.4 cm³/mol. The molecule has 126 valence electrons. The number of hydrogen-bond donors (Lipinski definition) is 1. The number of nitrogens with one attached hydrogen (secondary N) is 1. The van der Waals surface area contributed by atoms with E-state index < -0.39 is 10.0 Å². The predicted octanol–water partition coefficient (Wildman–Crippen LogP) is 2.13. The minimum Gasteiger partial charge on any atom is -0.305 e. The van der Waals surface area contributed by atoms with E-state index in [2.05, 4.69) is 26.2 Å². The quantitative estimate of drug-likeness (QED) is 0.785. The van der Waals surface area contributed by atoms with E-state index in [1.54, 1.807) is 12.1 Å². The zero-order chi connectivity index (χ0) is 16.4. The Labute approximate surface area is 151 Å². The number of carbonyl (C=O) groups excluding carboxylic acids is 1. The highest BCUT2D eigenvalue weighted by Crippen LogP contribution is 2.31. The van der Waals surface area contributed by atoms with E-state index in [1.165, 1.54) is 27.4 Å². The van der Waals surface area contributed by atoms with Crippen molar-refractivity contribution < 1.29 is 13.2 Å².